The summed E-state index contributed by atoms with van der Waals surface area (Å²) in [6, 6.07) is 7.62. The summed E-state index contributed by atoms with van der Waals surface area (Å²) in [5, 5.41) is 2.63. The zero-order valence-corrected chi connectivity index (χ0v) is 17.2. The molecule has 0 spiro atoms. The van der Waals surface area contributed by atoms with Crippen molar-refractivity contribution in [3.63, 3.8) is 0 Å². The molecule has 0 unspecified atom stereocenters. The first-order valence-corrected chi connectivity index (χ1v) is 9.29. The minimum atomic E-state index is -1.15. The van der Waals surface area contributed by atoms with Crippen molar-refractivity contribution in [1.82, 2.24) is 5.32 Å². The monoisotopic (exact) mass is 423 g/mol. The number of ether oxygens (including phenoxy) is 5. The molecule has 0 aliphatic carbocycles. The van der Waals surface area contributed by atoms with Gasteiger partial charge in [-0.3, -0.25) is 19.2 Å². The van der Waals surface area contributed by atoms with Crippen LogP contribution in [0.25, 0.3) is 0 Å². The Kier molecular flexibility index (Phi) is 8.16. The number of benzene rings is 1. The van der Waals surface area contributed by atoms with Gasteiger partial charge >= 0.3 is 17.9 Å². The van der Waals surface area contributed by atoms with E-state index in [-0.39, 0.29) is 6.61 Å². The summed E-state index contributed by atoms with van der Waals surface area (Å²) in [7, 11) is 0. The standard InChI is InChI=1S/C20H25NO9/c1-11(22)21-17-19(28-14(4)25)18(27-13(3)24)16(10-26-12(2)23)30-20(17)29-15-8-6-5-7-9-15/h5-9,16-20H,10H2,1-4H3,(H,21,22)/t16-,17-,18-,19-,20+/m1/s1. The Morgan fingerprint density at radius 2 is 1.50 bits per heavy atom. The summed E-state index contributed by atoms with van der Waals surface area (Å²) in [5.74, 6) is -1.93. The van der Waals surface area contributed by atoms with E-state index in [9.17, 15) is 19.2 Å². The quantitative estimate of drug-likeness (QED) is 0.498. The molecule has 1 amide bonds. The number of esters is 3. The zero-order chi connectivity index (χ0) is 22.3. The maximum absolute atomic E-state index is 11.8. The summed E-state index contributed by atoms with van der Waals surface area (Å²) in [6.07, 6.45) is -4.45. The Bertz CT molecular complexity index is 767. The summed E-state index contributed by atoms with van der Waals surface area (Å²) in [6.45, 7) is 4.56. The molecule has 0 saturated carbocycles. The third-order valence-corrected chi connectivity index (χ3v) is 4.07. The molecule has 1 aromatic rings. The molecule has 1 saturated heterocycles. The molecule has 0 aromatic heterocycles. The molecule has 1 fully saturated rings. The predicted octanol–water partition coefficient (Wildman–Crippen LogP) is 0.721. The van der Waals surface area contributed by atoms with Gasteiger partial charge in [0.05, 0.1) is 0 Å². The number of amides is 1. The Morgan fingerprint density at radius 1 is 0.900 bits per heavy atom. The molecular formula is C20H25NO9. The summed E-state index contributed by atoms with van der Waals surface area (Å²) >= 11 is 0. The van der Waals surface area contributed by atoms with E-state index in [0.717, 1.165) is 0 Å². The van der Waals surface area contributed by atoms with Crippen molar-refractivity contribution in [2.75, 3.05) is 6.61 Å². The maximum atomic E-state index is 11.8. The Morgan fingerprint density at radius 3 is 2.03 bits per heavy atom. The van der Waals surface area contributed by atoms with Gasteiger partial charge in [-0.05, 0) is 12.1 Å². The highest BCUT2D eigenvalue weighted by Gasteiger charge is 2.51. The number of carbonyl (C=O) groups is 4. The van der Waals surface area contributed by atoms with E-state index in [4.69, 9.17) is 23.7 Å². The Hall–Kier alpha value is -3.14. The smallest absolute Gasteiger partial charge is 0.303 e. The summed E-state index contributed by atoms with van der Waals surface area (Å²) < 4.78 is 27.5. The van der Waals surface area contributed by atoms with Crippen LogP contribution in [-0.4, -0.2) is 61.1 Å². The molecule has 10 heteroatoms. The van der Waals surface area contributed by atoms with Gasteiger partial charge in [-0.1, -0.05) is 18.2 Å². The molecule has 10 nitrogen and oxygen atoms in total. The normalized spacial score (nSPS) is 25.5. The Labute approximate surface area is 173 Å². The number of para-hydroxylation sites is 1. The molecule has 2 rings (SSSR count). The van der Waals surface area contributed by atoms with Crippen LogP contribution in [-0.2, 0) is 38.1 Å². The summed E-state index contributed by atoms with van der Waals surface area (Å²) in [4.78, 5) is 46.6. The number of carbonyl (C=O) groups excluding carboxylic acids is 4. The van der Waals surface area contributed by atoms with E-state index >= 15 is 0 Å². The molecule has 1 aliphatic heterocycles. The van der Waals surface area contributed by atoms with Crippen molar-refractivity contribution in [1.29, 1.82) is 0 Å². The first-order valence-electron chi connectivity index (χ1n) is 9.29. The van der Waals surface area contributed by atoms with Crippen LogP contribution in [0.1, 0.15) is 27.7 Å². The minimum Gasteiger partial charge on any atom is -0.463 e. The predicted molar refractivity (Wildman–Crippen MR) is 101 cm³/mol. The average molecular weight is 423 g/mol. The van der Waals surface area contributed by atoms with E-state index in [1.54, 1.807) is 30.3 Å². The highest BCUT2D eigenvalue weighted by molar-refractivity contribution is 5.73. The van der Waals surface area contributed by atoms with Gasteiger partial charge in [-0.2, -0.15) is 0 Å². The molecular weight excluding hydrogens is 398 g/mol. The van der Waals surface area contributed by atoms with Crippen molar-refractivity contribution >= 4 is 23.8 Å². The van der Waals surface area contributed by atoms with E-state index < -0.39 is 54.5 Å². The van der Waals surface area contributed by atoms with Gasteiger partial charge in [-0.25, -0.2) is 0 Å². The number of hydrogen-bond acceptors (Lipinski definition) is 9. The highest BCUT2D eigenvalue weighted by atomic mass is 16.7. The van der Waals surface area contributed by atoms with Gasteiger partial charge in [0.2, 0.25) is 12.2 Å². The fourth-order valence-electron chi connectivity index (χ4n) is 3.02. The van der Waals surface area contributed by atoms with Crippen molar-refractivity contribution < 1.29 is 42.9 Å². The van der Waals surface area contributed by atoms with Crippen LogP contribution >= 0.6 is 0 Å². The third-order valence-electron chi connectivity index (χ3n) is 4.07. The van der Waals surface area contributed by atoms with Crippen LogP contribution in [0.5, 0.6) is 5.75 Å². The number of nitrogens with one attached hydrogen (secondary N) is 1. The van der Waals surface area contributed by atoms with Crippen LogP contribution in [0.15, 0.2) is 30.3 Å². The lowest BCUT2D eigenvalue weighted by Crippen LogP contribution is -2.67. The van der Waals surface area contributed by atoms with E-state index in [2.05, 4.69) is 5.32 Å². The molecule has 0 bridgehead atoms. The van der Waals surface area contributed by atoms with Gasteiger partial charge in [-0.15, -0.1) is 0 Å². The topological polar surface area (TPSA) is 126 Å². The molecule has 5 atom stereocenters. The lowest BCUT2D eigenvalue weighted by atomic mass is 9.96. The first kappa shape index (κ1) is 23.1. The molecule has 30 heavy (non-hydrogen) atoms. The van der Waals surface area contributed by atoms with Crippen LogP contribution < -0.4 is 10.1 Å². The largest absolute Gasteiger partial charge is 0.463 e. The fourth-order valence-corrected chi connectivity index (χ4v) is 3.02. The zero-order valence-electron chi connectivity index (χ0n) is 17.2. The molecule has 0 radical (unpaired) electrons. The lowest BCUT2D eigenvalue weighted by Gasteiger charge is -2.44. The second kappa shape index (κ2) is 10.6. The van der Waals surface area contributed by atoms with Gasteiger partial charge in [0.25, 0.3) is 0 Å². The molecule has 1 N–H and O–H groups in total. The van der Waals surface area contributed by atoms with E-state index in [1.165, 1.54) is 27.7 Å². The summed E-state index contributed by atoms with van der Waals surface area (Å²) in [5.41, 5.74) is 0. The average Bonchev–Trinajstić information content (AvgIpc) is 2.64. The molecule has 1 heterocycles. The van der Waals surface area contributed by atoms with Crippen LogP contribution in [0.4, 0.5) is 0 Å². The Balaban J connectivity index is 2.42. The molecule has 164 valence electrons. The van der Waals surface area contributed by atoms with Gasteiger partial charge in [0.15, 0.2) is 12.2 Å². The van der Waals surface area contributed by atoms with E-state index in [0.29, 0.717) is 5.75 Å². The van der Waals surface area contributed by atoms with Crippen LogP contribution in [0, 0.1) is 0 Å². The van der Waals surface area contributed by atoms with Crippen molar-refractivity contribution in [2.24, 2.45) is 0 Å². The molecule has 1 aromatic carbocycles. The maximum Gasteiger partial charge on any atom is 0.303 e. The third kappa shape index (κ3) is 6.73. The van der Waals surface area contributed by atoms with E-state index in [1.807, 2.05) is 0 Å². The van der Waals surface area contributed by atoms with Crippen molar-refractivity contribution in [2.45, 2.75) is 58.3 Å². The highest BCUT2D eigenvalue weighted by Crippen LogP contribution is 2.29. The second-order valence-corrected chi connectivity index (χ2v) is 6.65. The lowest BCUT2D eigenvalue weighted by molar-refractivity contribution is -0.257. The number of rotatable bonds is 7. The minimum absolute atomic E-state index is 0.285. The first-order chi connectivity index (χ1) is 14.2. The van der Waals surface area contributed by atoms with Gasteiger partial charge in [0, 0.05) is 27.7 Å². The molecule has 1 aliphatic rings. The van der Waals surface area contributed by atoms with Crippen molar-refractivity contribution in [3.8, 4) is 5.75 Å². The number of hydrogen-bond donors (Lipinski definition) is 1. The van der Waals surface area contributed by atoms with Crippen molar-refractivity contribution in [3.05, 3.63) is 30.3 Å². The van der Waals surface area contributed by atoms with Crippen LogP contribution in [0.3, 0.4) is 0 Å². The van der Waals surface area contributed by atoms with Gasteiger partial charge < -0.3 is 29.0 Å². The SMILES string of the molecule is CC(=O)N[C@H]1[C@@H](Oc2ccccc2)O[C@H](COC(C)=O)[C@@H](OC(C)=O)[C@@H]1OC(C)=O. The second-order valence-electron chi connectivity index (χ2n) is 6.65. The fraction of sp³-hybridized carbons (Fsp3) is 0.500. The van der Waals surface area contributed by atoms with Gasteiger partial charge in [0.1, 0.15) is 24.5 Å². The van der Waals surface area contributed by atoms with Crippen LogP contribution in [0.2, 0.25) is 0 Å².